The standard InChI is InChI=1S/C19H19BrO4/c1-2-3-4-11-23-17-8-5-14(6-9-17)19(22)24-18-10-7-16(20)12-15(18)13-21/h5-10,12-13H,2-4,11H2,1H3. The van der Waals surface area contributed by atoms with Gasteiger partial charge in [0.25, 0.3) is 0 Å². The first-order valence-electron chi connectivity index (χ1n) is 7.84. The predicted molar refractivity (Wildman–Crippen MR) is 96.0 cm³/mol. The highest BCUT2D eigenvalue weighted by Gasteiger charge is 2.12. The molecule has 0 bridgehead atoms. The maximum atomic E-state index is 12.2. The number of halogens is 1. The quantitative estimate of drug-likeness (QED) is 0.274. The molecule has 0 radical (unpaired) electrons. The number of hydrogen-bond donors (Lipinski definition) is 0. The summed E-state index contributed by atoms with van der Waals surface area (Å²) in [5, 5.41) is 0. The van der Waals surface area contributed by atoms with Crippen molar-refractivity contribution in [2.24, 2.45) is 0 Å². The van der Waals surface area contributed by atoms with Gasteiger partial charge in [0, 0.05) is 4.47 Å². The Balaban J connectivity index is 1.99. The fourth-order valence-electron chi connectivity index (χ4n) is 2.09. The Hall–Kier alpha value is -2.14. The summed E-state index contributed by atoms with van der Waals surface area (Å²) < 4.78 is 11.7. The SMILES string of the molecule is CCCCCOc1ccc(C(=O)Oc2ccc(Br)cc2C=O)cc1. The van der Waals surface area contributed by atoms with Gasteiger partial charge in [-0.15, -0.1) is 0 Å². The predicted octanol–water partition coefficient (Wildman–Crippen LogP) is 5.05. The molecule has 0 aromatic heterocycles. The third-order valence-electron chi connectivity index (χ3n) is 3.41. The van der Waals surface area contributed by atoms with Gasteiger partial charge in [-0.05, 0) is 48.9 Å². The van der Waals surface area contributed by atoms with Gasteiger partial charge in [-0.1, -0.05) is 35.7 Å². The summed E-state index contributed by atoms with van der Waals surface area (Å²) >= 11 is 3.27. The largest absolute Gasteiger partial charge is 0.494 e. The van der Waals surface area contributed by atoms with E-state index in [1.807, 2.05) is 0 Å². The summed E-state index contributed by atoms with van der Waals surface area (Å²) in [5.41, 5.74) is 0.712. The lowest BCUT2D eigenvalue weighted by molar-refractivity contribution is 0.0733. The zero-order chi connectivity index (χ0) is 17.4. The van der Waals surface area contributed by atoms with Crippen LogP contribution in [0.1, 0.15) is 46.9 Å². The molecule has 0 aliphatic carbocycles. The number of benzene rings is 2. The number of rotatable bonds is 8. The minimum absolute atomic E-state index is 0.234. The second-order valence-electron chi connectivity index (χ2n) is 5.27. The van der Waals surface area contributed by atoms with Gasteiger partial charge in [0.15, 0.2) is 6.29 Å². The lowest BCUT2D eigenvalue weighted by Crippen LogP contribution is -2.09. The zero-order valence-corrected chi connectivity index (χ0v) is 15.0. The Morgan fingerprint density at radius 1 is 1.12 bits per heavy atom. The van der Waals surface area contributed by atoms with Crippen molar-refractivity contribution in [3.8, 4) is 11.5 Å². The van der Waals surface area contributed by atoms with Gasteiger partial charge in [-0.2, -0.15) is 0 Å². The van der Waals surface area contributed by atoms with Crippen LogP contribution in [-0.4, -0.2) is 18.9 Å². The number of esters is 1. The molecule has 0 saturated heterocycles. The summed E-state index contributed by atoms with van der Waals surface area (Å²) in [6.07, 6.45) is 3.95. The van der Waals surface area contributed by atoms with Crippen molar-refractivity contribution < 1.29 is 19.1 Å². The van der Waals surface area contributed by atoms with Crippen LogP contribution in [0.3, 0.4) is 0 Å². The van der Waals surface area contributed by atoms with Gasteiger partial charge in [-0.25, -0.2) is 4.79 Å². The number of carbonyl (C=O) groups excluding carboxylic acids is 2. The monoisotopic (exact) mass is 390 g/mol. The maximum Gasteiger partial charge on any atom is 0.343 e. The van der Waals surface area contributed by atoms with Crippen LogP contribution in [0.4, 0.5) is 0 Å². The molecule has 0 heterocycles. The molecule has 0 aliphatic rings. The van der Waals surface area contributed by atoms with E-state index >= 15 is 0 Å². The fourth-order valence-corrected chi connectivity index (χ4v) is 2.47. The van der Waals surface area contributed by atoms with Gasteiger partial charge in [0.2, 0.25) is 0 Å². The van der Waals surface area contributed by atoms with Gasteiger partial charge in [0.1, 0.15) is 11.5 Å². The highest BCUT2D eigenvalue weighted by molar-refractivity contribution is 9.10. The van der Waals surface area contributed by atoms with Crippen molar-refractivity contribution in [2.75, 3.05) is 6.61 Å². The zero-order valence-electron chi connectivity index (χ0n) is 13.5. The smallest absolute Gasteiger partial charge is 0.343 e. The number of unbranched alkanes of at least 4 members (excludes halogenated alkanes) is 2. The van der Waals surface area contributed by atoms with E-state index in [9.17, 15) is 9.59 Å². The summed E-state index contributed by atoms with van der Waals surface area (Å²) in [5.74, 6) is 0.441. The highest BCUT2D eigenvalue weighted by atomic mass is 79.9. The molecule has 126 valence electrons. The molecular weight excluding hydrogens is 372 g/mol. The van der Waals surface area contributed by atoms with Crippen LogP contribution < -0.4 is 9.47 Å². The third-order valence-corrected chi connectivity index (χ3v) is 3.90. The van der Waals surface area contributed by atoms with Crippen LogP contribution in [0.2, 0.25) is 0 Å². The molecule has 24 heavy (non-hydrogen) atoms. The summed E-state index contributed by atoms with van der Waals surface area (Å²) in [7, 11) is 0. The average Bonchev–Trinajstić information content (AvgIpc) is 2.60. The Labute approximate surface area is 149 Å². The molecule has 2 aromatic rings. The van der Waals surface area contributed by atoms with E-state index in [0.717, 1.165) is 29.5 Å². The second kappa shape index (κ2) is 9.23. The first kappa shape index (κ1) is 18.2. The second-order valence-corrected chi connectivity index (χ2v) is 6.19. The van der Waals surface area contributed by atoms with Gasteiger partial charge in [-0.3, -0.25) is 4.79 Å². The van der Waals surface area contributed by atoms with Crippen molar-refractivity contribution >= 4 is 28.2 Å². The molecule has 4 nitrogen and oxygen atoms in total. The lowest BCUT2D eigenvalue weighted by Gasteiger charge is -2.08. The number of hydrogen-bond acceptors (Lipinski definition) is 4. The molecule has 0 fully saturated rings. The average molecular weight is 391 g/mol. The van der Waals surface area contributed by atoms with Crippen molar-refractivity contribution in [3.63, 3.8) is 0 Å². The van der Waals surface area contributed by atoms with Gasteiger partial charge in [0.05, 0.1) is 17.7 Å². The first-order chi connectivity index (χ1) is 11.6. The van der Waals surface area contributed by atoms with Crippen molar-refractivity contribution in [1.29, 1.82) is 0 Å². The van der Waals surface area contributed by atoms with E-state index in [2.05, 4.69) is 22.9 Å². The molecule has 2 rings (SSSR count). The molecule has 5 heteroatoms. The van der Waals surface area contributed by atoms with E-state index < -0.39 is 5.97 Å². The Morgan fingerprint density at radius 2 is 1.88 bits per heavy atom. The molecule has 0 N–H and O–H groups in total. The fraction of sp³-hybridized carbons (Fsp3) is 0.263. The molecule has 0 atom stereocenters. The Kier molecular flexibility index (Phi) is 7.00. The molecule has 0 unspecified atom stereocenters. The van der Waals surface area contributed by atoms with Crippen molar-refractivity contribution in [3.05, 3.63) is 58.1 Å². The van der Waals surface area contributed by atoms with E-state index in [4.69, 9.17) is 9.47 Å². The normalized spacial score (nSPS) is 10.2. The molecular formula is C19H19BrO4. The van der Waals surface area contributed by atoms with Crippen molar-refractivity contribution in [1.82, 2.24) is 0 Å². The number of ether oxygens (including phenoxy) is 2. The molecule has 0 aliphatic heterocycles. The third kappa shape index (κ3) is 5.20. The van der Waals surface area contributed by atoms with E-state index in [0.29, 0.717) is 24.0 Å². The Bertz CT molecular complexity index is 695. The molecule has 2 aromatic carbocycles. The minimum atomic E-state index is -0.516. The van der Waals surface area contributed by atoms with Crippen LogP contribution in [0.5, 0.6) is 11.5 Å². The number of aldehydes is 1. The number of carbonyl (C=O) groups is 2. The van der Waals surface area contributed by atoms with E-state index in [1.165, 1.54) is 0 Å². The first-order valence-corrected chi connectivity index (χ1v) is 8.63. The molecule has 0 amide bonds. The van der Waals surface area contributed by atoms with Crippen LogP contribution in [-0.2, 0) is 0 Å². The van der Waals surface area contributed by atoms with E-state index in [1.54, 1.807) is 42.5 Å². The summed E-state index contributed by atoms with van der Waals surface area (Å²) in [6.45, 7) is 2.81. The van der Waals surface area contributed by atoms with Gasteiger partial charge >= 0.3 is 5.97 Å². The van der Waals surface area contributed by atoms with Crippen LogP contribution in [0.15, 0.2) is 46.9 Å². The van der Waals surface area contributed by atoms with Gasteiger partial charge < -0.3 is 9.47 Å². The van der Waals surface area contributed by atoms with Crippen molar-refractivity contribution in [2.45, 2.75) is 26.2 Å². The van der Waals surface area contributed by atoms with Crippen LogP contribution in [0.25, 0.3) is 0 Å². The molecule has 0 spiro atoms. The highest BCUT2D eigenvalue weighted by Crippen LogP contribution is 2.23. The lowest BCUT2D eigenvalue weighted by atomic mass is 10.2. The summed E-state index contributed by atoms with van der Waals surface area (Å²) in [6, 6.07) is 11.7. The molecule has 0 saturated carbocycles. The topological polar surface area (TPSA) is 52.6 Å². The Morgan fingerprint density at radius 3 is 2.54 bits per heavy atom. The minimum Gasteiger partial charge on any atom is -0.494 e. The maximum absolute atomic E-state index is 12.2. The summed E-state index contributed by atoms with van der Waals surface area (Å²) in [4.78, 5) is 23.2. The van der Waals surface area contributed by atoms with Crippen LogP contribution >= 0.6 is 15.9 Å². The van der Waals surface area contributed by atoms with Crippen LogP contribution in [0, 0.1) is 0 Å². The van der Waals surface area contributed by atoms with E-state index in [-0.39, 0.29) is 5.75 Å².